The summed E-state index contributed by atoms with van der Waals surface area (Å²) in [6.45, 7) is 5.96. The summed E-state index contributed by atoms with van der Waals surface area (Å²) < 4.78 is 0. The molecule has 0 saturated carbocycles. The molecule has 1 N–H and O–H groups in total. The number of terminal acetylenes is 1. The summed E-state index contributed by atoms with van der Waals surface area (Å²) in [7, 11) is 0. The Balaban J connectivity index is 2.79. The van der Waals surface area contributed by atoms with Crippen molar-refractivity contribution in [3.05, 3.63) is 17.6 Å². The van der Waals surface area contributed by atoms with E-state index in [0.29, 0.717) is 0 Å². The Morgan fingerprint density at radius 3 is 2.87 bits per heavy atom. The first-order chi connectivity index (χ1) is 7.17. The van der Waals surface area contributed by atoms with E-state index >= 15 is 0 Å². The molecule has 0 spiro atoms. The molecule has 0 fully saturated rings. The average molecular weight is 203 g/mol. The van der Waals surface area contributed by atoms with E-state index in [2.05, 4.69) is 28.1 Å². The topological polar surface area (TPSA) is 37.8 Å². The molecule has 3 heteroatoms. The smallest absolute Gasteiger partial charge is 0.148 e. The van der Waals surface area contributed by atoms with E-state index in [0.717, 1.165) is 30.0 Å². The molecule has 0 aliphatic carbocycles. The lowest BCUT2D eigenvalue weighted by molar-refractivity contribution is 0.749. The number of hydrogen-bond donors (Lipinski definition) is 1. The van der Waals surface area contributed by atoms with Crippen LogP contribution in [-0.4, -0.2) is 16.0 Å². The zero-order chi connectivity index (χ0) is 11.3. The molecule has 1 aromatic heterocycles. The molecule has 0 aromatic carbocycles. The van der Waals surface area contributed by atoms with Gasteiger partial charge in [-0.3, -0.25) is 4.98 Å². The number of anilines is 1. The number of aromatic nitrogens is 2. The Morgan fingerprint density at radius 1 is 1.53 bits per heavy atom. The number of nitrogens with one attached hydrogen (secondary N) is 1. The Morgan fingerprint density at radius 2 is 2.27 bits per heavy atom. The lowest BCUT2D eigenvalue weighted by Crippen LogP contribution is -2.19. The highest BCUT2D eigenvalue weighted by molar-refractivity contribution is 5.42. The maximum atomic E-state index is 5.43. The summed E-state index contributed by atoms with van der Waals surface area (Å²) in [6.07, 6.45) is 9.19. The van der Waals surface area contributed by atoms with Crippen molar-refractivity contribution >= 4 is 5.82 Å². The van der Waals surface area contributed by atoms with Gasteiger partial charge in [-0.1, -0.05) is 19.3 Å². The van der Waals surface area contributed by atoms with Gasteiger partial charge < -0.3 is 5.32 Å². The van der Waals surface area contributed by atoms with Crippen LogP contribution in [0.2, 0.25) is 0 Å². The van der Waals surface area contributed by atoms with E-state index in [9.17, 15) is 0 Å². The Labute approximate surface area is 91.3 Å². The van der Waals surface area contributed by atoms with Crippen LogP contribution in [0.25, 0.3) is 0 Å². The zero-order valence-electron chi connectivity index (χ0n) is 9.54. The summed E-state index contributed by atoms with van der Waals surface area (Å²) in [5, 5.41) is 3.23. The van der Waals surface area contributed by atoms with Gasteiger partial charge in [-0.15, -0.1) is 6.42 Å². The molecule has 0 aliphatic rings. The molecule has 0 aliphatic heterocycles. The third kappa shape index (κ3) is 3.25. The van der Waals surface area contributed by atoms with Crippen molar-refractivity contribution in [1.82, 2.24) is 9.97 Å². The molecule has 3 nitrogen and oxygen atoms in total. The second-order valence-electron chi connectivity index (χ2n) is 3.60. The van der Waals surface area contributed by atoms with Crippen molar-refractivity contribution in [3.8, 4) is 12.3 Å². The van der Waals surface area contributed by atoms with Crippen molar-refractivity contribution in [2.24, 2.45) is 0 Å². The van der Waals surface area contributed by atoms with Gasteiger partial charge in [0.2, 0.25) is 0 Å². The molecule has 15 heavy (non-hydrogen) atoms. The van der Waals surface area contributed by atoms with E-state index in [-0.39, 0.29) is 6.04 Å². The Bertz CT molecular complexity index is 366. The van der Waals surface area contributed by atoms with E-state index < -0.39 is 0 Å². The van der Waals surface area contributed by atoms with Crippen LogP contribution >= 0.6 is 0 Å². The molecular formula is C12H17N3. The minimum absolute atomic E-state index is 0.0461. The largest absolute Gasteiger partial charge is 0.355 e. The maximum absolute atomic E-state index is 5.43. The normalized spacial score (nSPS) is 11.9. The molecule has 0 radical (unpaired) electrons. The second-order valence-corrected chi connectivity index (χ2v) is 3.60. The van der Waals surface area contributed by atoms with Gasteiger partial charge in [0.15, 0.2) is 0 Å². The van der Waals surface area contributed by atoms with Gasteiger partial charge in [0, 0.05) is 6.20 Å². The van der Waals surface area contributed by atoms with Crippen LogP contribution < -0.4 is 5.32 Å². The number of nitrogens with zero attached hydrogens (tertiary/aromatic N) is 2. The molecule has 1 heterocycles. The van der Waals surface area contributed by atoms with Crippen LogP contribution in [0.4, 0.5) is 5.82 Å². The van der Waals surface area contributed by atoms with Crippen LogP contribution in [0.15, 0.2) is 6.20 Å². The van der Waals surface area contributed by atoms with Gasteiger partial charge in [-0.2, -0.15) is 0 Å². The van der Waals surface area contributed by atoms with Gasteiger partial charge in [0.1, 0.15) is 5.82 Å². The first kappa shape index (κ1) is 11.5. The highest BCUT2D eigenvalue weighted by Gasteiger charge is 2.07. The van der Waals surface area contributed by atoms with Crippen molar-refractivity contribution in [1.29, 1.82) is 0 Å². The van der Waals surface area contributed by atoms with Gasteiger partial charge in [-0.05, 0) is 20.3 Å². The third-order valence-electron chi connectivity index (χ3n) is 2.17. The van der Waals surface area contributed by atoms with Crippen LogP contribution in [0.5, 0.6) is 0 Å². The first-order valence-corrected chi connectivity index (χ1v) is 5.20. The predicted molar refractivity (Wildman–Crippen MR) is 62.7 cm³/mol. The fraction of sp³-hybridized carbons (Fsp3) is 0.500. The number of hydrogen-bond acceptors (Lipinski definition) is 3. The molecule has 1 rings (SSSR count). The lowest BCUT2D eigenvalue weighted by Gasteiger charge is -2.14. The minimum Gasteiger partial charge on any atom is -0.355 e. The predicted octanol–water partition coefficient (Wildman–Crippen LogP) is 2.31. The van der Waals surface area contributed by atoms with E-state index in [4.69, 9.17) is 6.42 Å². The maximum Gasteiger partial charge on any atom is 0.148 e. The van der Waals surface area contributed by atoms with Crippen LogP contribution in [0.1, 0.15) is 31.2 Å². The molecule has 1 aromatic rings. The Kier molecular flexibility index (Phi) is 4.11. The molecular weight excluding hydrogens is 186 g/mol. The van der Waals surface area contributed by atoms with E-state index in [1.54, 1.807) is 6.20 Å². The minimum atomic E-state index is 0.0461. The molecule has 0 saturated heterocycles. The van der Waals surface area contributed by atoms with Gasteiger partial charge in [-0.25, -0.2) is 4.98 Å². The van der Waals surface area contributed by atoms with E-state index in [1.165, 1.54) is 0 Å². The van der Waals surface area contributed by atoms with Gasteiger partial charge in [0.25, 0.3) is 0 Å². The highest BCUT2D eigenvalue weighted by atomic mass is 15.0. The lowest BCUT2D eigenvalue weighted by atomic mass is 10.2. The van der Waals surface area contributed by atoms with E-state index in [1.807, 2.05) is 13.8 Å². The standard InChI is InChI=1S/C12H17N3/c1-5-7-11(6-2)15-12-10(4)13-8-9(3)14-12/h2,8,11H,5,7H2,1,3-4H3,(H,14,15). The average Bonchev–Trinajstić information content (AvgIpc) is 2.22. The molecule has 0 amide bonds. The Hall–Kier alpha value is -1.56. The van der Waals surface area contributed by atoms with Crippen molar-refractivity contribution in [3.63, 3.8) is 0 Å². The molecule has 1 atom stereocenters. The van der Waals surface area contributed by atoms with Crippen LogP contribution in [0.3, 0.4) is 0 Å². The summed E-state index contributed by atoms with van der Waals surface area (Å²) in [5.41, 5.74) is 1.78. The molecule has 0 bridgehead atoms. The molecule has 1 unspecified atom stereocenters. The summed E-state index contributed by atoms with van der Waals surface area (Å²) in [4.78, 5) is 8.61. The summed E-state index contributed by atoms with van der Waals surface area (Å²) in [5.74, 6) is 3.52. The van der Waals surface area contributed by atoms with Gasteiger partial charge in [0.05, 0.1) is 17.4 Å². The highest BCUT2D eigenvalue weighted by Crippen LogP contribution is 2.11. The van der Waals surface area contributed by atoms with Gasteiger partial charge >= 0.3 is 0 Å². The van der Waals surface area contributed by atoms with Crippen LogP contribution in [0, 0.1) is 26.2 Å². The number of rotatable bonds is 4. The molecule has 80 valence electrons. The zero-order valence-corrected chi connectivity index (χ0v) is 9.54. The van der Waals surface area contributed by atoms with Crippen molar-refractivity contribution in [2.75, 3.05) is 5.32 Å². The summed E-state index contributed by atoms with van der Waals surface area (Å²) >= 11 is 0. The fourth-order valence-electron chi connectivity index (χ4n) is 1.33. The van der Waals surface area contributed by atoms with Crippen molar-refractivity contribution < 1.29 is 0 Å². The SMILES string of the molecule is C#CC(CCC)Nc1nc(C)cnc1C. The quantitative estimate of drug-likeness (QED) is 0.763. The second kappa shape index (κ2) is 5.35. The third-order valence-corrected chi connectivity index (χ3v) is 2.17. The number of aryl methyl sites for hydroxylation is 2. The van der Waals surface area contributed by atoms with Crippen LogP contribution in [-0.2, 0) is 0 Å². The first-order valence-electron chi connectivity index (χ1n) is 5.20. The summed E-state index contributed by atoms with van der Waals surface area (Å²) in [6, 6.07) is 0.0461. The fourth-order valence-corrected chi connectivity index (χ4v) is 1.33. The van der Waals surface area contributed by atoms with Crippen molar-refractivity contribution in [2.45, 2.75) is 39.7 Å². The monoisotopic (exact) mass is 203 g/mol.